The number of aromatic nitrogens is 1. The summed E-state index contributed by atoms with van der Waals surface area (Å²) in [6, 6.07) is 11.3. The van der Waals surface area contributed by atoms with Crippen LogP contribution in [0.25, 0.3) is 0 Å². The van der Waals surface area contributed by atoms with Gasteiger partial charge in [-0.3, -0.25) is 4.79 Å². The molecule has 3 amide bonds. The maximum absolute atomic E-state index is 13.1. The zero-order chi connectivity index (χ0) is 21.9. The van der Waals surface area contributed by atoms with E-state index in [0.29, 0.717) is 19.7 Å². The number of rotatable bonds is 11. The Morgan fingerprint density at radius 2 is 1.97 bits per heavy atom. The number of para-hydroxylation sites is 1. The smallest absolute Gasteiger partial charge is 0.322 e. The third-order valence-electron chi connectivity index (χ3n) is 4.92. The maximum Gasteiger partial charge on any atom is 0.322 e. The summed E-state index contributed by atoms with van der Waals surface area (Å²) in [7, 11) is 3.55. The van der Waals surface area contributed by atoms with Gasteiger partial charge in [-0.05, 0) is 30.2 Å². The number of aryl methyl sites for hydroxylation is 2. The summed E-state index contributed by atoms with van der Waals surface area (Å²) in [5.74, 6) is -0.144. The van der Waals surface area contributed by atoms with E-state index in [0.717, 1.165) is 23.4 Å². The fourth-order valence-electron chi connectivity index (χ4n) is 3.13. The number of anilines is 1. The summed E-state index contributed by atoms with van der Waals surface area (Å²) >= 11 is 0. The van der Waals surface area contributed by atoms with Crippen molar-refractivity contribution in [3.63, 3.8) is 0 Å². The van der Waals surface area contributed by atoms with Gasteiger partial charge in [-0.25, -0.2) is 4.79 Å². The molecule has 0 bridgehead atoms. The highest BCUT2D eigenvalue weighted by molar-refractivity contribution is 5.93. The van der Waals surface area contributed by atoms with Crippen LogP contribution in [0.3, 0.4) is 0 Å². The summed E-state index contributed by atoms with van der Waals surface area (Å²) in [4.78, 5) is 29.1. The minimum atomic E-state index is -0.324. The molecule has 0 atom stereocenters. The molecule has 30 heavy (non-hydrogen) atoms. The van der Waals surface area contributed by atoms with E-state index in [9.17, 15) is 9.59 Å². The number of carbonyl (C=O) groups is 2. The second kappa shape index (κ2) is 11.8. The van der Waals surface area contributed by atoms with Gasteiger partial charge in [0.25, 0.3) is 0 Å². The zero-order valence-corrected chi connectivity index (χ0v) is 18.1. The highest BCUT2D eigenvalue weighted by Gasteiger charge is 2.22. The Kier molecular flexibility index (Phi) is 9.15. The SMILES string of the molecule is C=CCN(CC(=O)N(CCOC)Cc1cccn1C)C(=O)Nc1ccccc1CC. The first kappa shape index (κ1) is 23.2. The van der Waals surface area contributed by atoms with Crippen LogP contribution < -0.4 is 5.32 Å². The van der Waals surface area contributed by atoms with Gasteiger partial charge < -0.3 is 24.4 Å². The standard InChI is InChI=1S/C23H32N4O3/c1-5-13-27(23(29)24-21-12-8-7-10-19(21)6-2)18-22(28)26(15-16-30-4)17-20-11-9-14-25(20)3/h5,7-12,14H,1,6,13,15-18H2,2-4H3,(H,24,29). The van der Waals surface area contributed by atoms with Gasteiger partial charge in [0.2, 0.25) is 5.91 Å². The molecule has 7 heteroatoms. The number of hydrogen-bond acceptors (Lipinski definition) is 3. The number of carbonyl (C=O) groups excluding carboxylic acids is 2. The molecule has 7 nitrogen and oxygen atoms in total. The highest BCUT2D eigenvalue weighted by Crippen LogP contribution is 2.16. The molecule has 0 aliphatic heterocycles. The van der Waals surface area contributed by atoms with E-state index in [4.69, 9.17) is 4.74 Å². The Labute approximate surface area is 178 Å². The van der Waals surface area contributed by atoms with Crippen LogP contribution >= 0.6 is 0 Å². The molecule has 0 radical (unpaired) electrons. The first-order chi connectivity index (χ1) is 14.5. The van der Waals surface area contributed by atoms with E-state index in [-0.39, 0.29) is 25.0 Å². The summed E-state index contributed by atoms with van der Waals surface area (Å²) in [6.45, 7) is 7.32. The fourth-order valence-corrected chi connectivity index (χ4v) is 3.13. The topological polar surface area (TPSA) is 66.8 Å². The molecule has 0 saturated carbocycles. The number of hydrogen-bond donors (Lipinski definition) is 1. The number of nitrogens with one attached hydrogen (secondary N) is 1. The lowest BCUT2D eigenvalue weighted by atomic mass is 10.1. The van der Waals surface area contributed by atoms with Crippen molar-refractivity contribution in [2.45, 2.75) is 19.9 Å². The number of benzene rings is 1. The second-order valence-electron chi connectivity index (χ2n) is 7.03. The van der Waals surface area contributed by atoms with Crippen LogP contribution in [0.2, 0.25) is 0 Å². The van der Waals surface area contributed by atoms with Crippen LogP contribution in [0.4, 0.5) is 10.5 Å². The maximum atomic E-state index is 13.1. The van der Waals surface area contributed by atoms with Gasteiger partial charge in [0.05, 0.1) is 13.2 Å². The molecule has 1 aromatic heterocycles. The molecule has 0 fully saturated rings. The van der Waals surface area contributed by atoms with Crippen LogP contribution in [-0.4, -0.2) is 59.7 Å². The summed E-state index contributed by atoms with van der Waals surface area (Å²) in [6.07, 6.45) is 4.37. The van der Waals surface area contributed by atoms with E-state index >= 15 is 0 Å². The molecule has 0 aliphatic carbocycles. The Hall–Kier alpha value is -3.06. The molecule has 0 saturated heterocycles. The Bertz CT molecular complexity index is 846. The van der Waals surface area contributed by atoms with Crippen molar-refractivity contribution in [2.75, 3.05) is 38.7 Å². The molecule has 0 spiro atoms. The minimum absolute atomic E-state index is 0.0414. The molecule has 0 aliphatic rings. The third kappa shape index (κ3) is 6.49. The third-order valence-corrected chi connectivity index (χ3v) is 4.92. The van der Waals surface area contributed by atoms with Crippen molar-refractivity contribution in [3.05, 3.63) is 66.5 Å². The lowest BCUT2D eigenvalue weighted by Gasteiger charge is -2.27. The van der Waals surface area contributed by atoms with Crippen LogP contribution in [0, 0.1) is 0 Å². The molecule has 1 heterocycles. The Morgan fingerprint density at radius 3 is 2.60 bits per heavy atom. The van der Waals surface area contributed by atoms with Gasteiger partial charge in [-0.1, -0.05) is 31.2 Å². The number of nitrogens with zero attached hydrogens (tertiary/aromatic N) is 3. The van der Waals surface area contributed by atoms with Crippen molar-refractivity contribution in [2.24, 2.45) is 7.05 Å². The van der Waals surface area contributed by atoms with Crippen LogP contribution in [0.5, 0.6) is 0 Å². The first-order valence-electron chi connectivity index (χ1n) is 10.1. The zero-order valence-electron chi connectivity index (χ0n) is 18.1. The number of ether oxygens (including phenoxy) is 1. The lowest BCUT2D eigenvalue weighted by Crippen LogP contribution is -2.45. The number of urea groups is 1. The number of methoxy groups -OCH3 is 1. The van der Waals surface area contributed by atoms with E-state index in [2.05, 4.69) is 11.9 Å². The quantitative estimate of drug-likeness (QED) is 0.576. The van der Waals surface area contributed by atoms with Gasteiger partial charge in [0, 0.05) is 44.8 Å². The average Bonchev–Trinajstić information content (AvgIpc) is 3.15. The van der Waals surface area contributed by atoms with E-state index in [1.54, 1.807) is 18.1 Å². The van der Waals surface area contributed by atoms with Gasteiger partial charge in [0.15, 0.2) is 0 Å². The molecular formula is C23H32N4O3. The van der Waals surface area contributed by atoms with Crippen molar-refractivity contribution >= 4 is 17.6 Å². The molecule has 162 valence electrons. The van der Waals surface area contributed by atoms with Crippen LogP contribution in [0.1, 0.15) is 18.2 Å². The average molecular weight is 413 g/mol. The molecule has 2 rings (SSSR count). The van der Waals surface area contributed by atoms with Crippen molar-refractivity contribution in [1.82, 2.24) is 14.4 Å². The van der Waals surface area contributed by atoms with Gasteiger partial charge in [-0.15, -0.1) is 6.58 Å². The largest absolute Gasteiger partial charge is 0.383 e. The highest BCUT2D eigenvalue weighted by atomic mass is 16.5. The molecule has 1 N–H and O–H groups in total. The predicted molar refractivity (Wildman–Crippen MR) is 119 cm³/mol. The molecular weight excluding hydrogens is 380 g/mol. The summed E-state index contributed by atoms with van der Waals surface area (Å²) < 4.78 is 7.14. The van der Waals surface area contributed by atoms with E-state index in [1.165, 1.54) is 4.90 Å². The van der Waals surface area contributed by atoms with Crippen molar-refractivity contribution in [1.29, 1.82) is 0 Å². The van der Waals surface area contributed by atoms with E-state index in [1.807, 2.05) is 61.1 Å². The Balaban J connectivity index is 2.11. The second-order valence-corrected chi connectivity index (χ2v) is 7.03. The van der Waals surface area contributed by atoms with Gasteiger partial charge in [0.1, 0.15) is 6.54 Å². The molecule has 1 aromatic carbocycles. The fraction of sp³-hybridized carbons (Fsp3) is 0.391. The lowest BCUT2D eigenvalue weighted by molar-refractivity contribution is -0.133. The first-order valence-corrected chi connectivity index (χ1v) is 10.1. The van der Waals surface area contributed by atoms with Gasteiger partial charge >= 0.3 is 6.03 Å². The van der Waals surface area contributed by atoms with Crippen molar-refractivity contribution in [3.8, 4) is 0 Å². The predicted octanol–water partition coefficient (Wildman–Crippen LogP) is 3.28. The van der Waals surface area contributed by atoms with Gasteiger partial charge in [-0.2, -0.15) is 0 Å². The number of amides is 3. The van der Waals surface area contributed by atoms with Crippen molar-refractivity contribution < 1.29 is 14.3 Å². The molecule has 2 aromatic rings. The summed E-state index contributed by atoms with van der Waals surface area (Å²) in [5, 5.41) is 2.93. The minimum Gasteiger partial charge on any atom is -0.383 e. The summed E-state index contributed by atoms with van der Waals surface area (Å²) in [5.41, 5.74) is 2.81. The monoisotopic (exact) mass is 412 g/mol. The van der Waals surface area contributed by atoms with Crippen LogP contribution in [0.15, 0.2) is 55.3 Å². The molecule has 0 unspecified atom stereocenters. The Morgan fingerprint density at radius 1 is 1.20 bits per heavy atom. The normalized spacial score (nSPS) is 10.5. The van der Waals surface area contributed by atoms with E-state index < -0.39 is 0 Å². The van der Waals surface area contributed by atoms with Crippen LogP contribution in [-0.2, 0) is 29.5 Å².